The quantitative estimate of drug-likeness (QED) is 0.187. The minimum absolute atomic E-state index is 0.644. The first-order valence-electron chi connectivity index (χ1n) is 17.8. The minimum Gasteiger partial charge on any atom is -0.457 e. The Bertz CT molecular complexity index is 2840. The number of benzene rings is 8. The van der Waals surface area contributed by atoms with E-state index in [1.54, 1.807) is 0 Å². The topological polar surface area (TPSA) is 23.4 Å². The van der Waals surface area contributed by atoms with Gasteiger partial charge < -0.3 is 14.0 Å². The van der Waals surface area contributed by atoms with Gasteiger partial charge in [-0.2, -0.15) is 0 Å². The zero-order chi connectivity index (χ0) is 34.2. The molecule has 3 heteroatoms. The van der Waals surface area contributed by atoms with E-state index in [1.165, 1.54) is 21.8 Å². The Labute approximate surface area is 301 Å². The van der Waals surface area contributed by atoms with Crippen molar-refractivity contribution in [2.75, 3.05) is 0 Å². The molecule has 0 radical (unpaired) electrons. The molecule has 0 amide bonds. The molecule has 1 atom stereocenters. The molecule has 0 fully saturated rings. The lowest BCUT2D eigenvalue weighted by Crippen LogP contribution is -2.36. The van der Waals surface area contributed by atoms with Crippen LogP contribution in [-0.2, 0) is 5.41 Å². The molecule has 244 valence electrons. The summed E-state index contributed by atoms with van der Waals surface area (Å²) < 4.78 is 16.0. The Morgan fingerprint density at radius 3 is 1.48 bits per heavy atom. The molecule has 3 nitrogen and oxygen atoms in total. The maximum absolute atomic E-state index is 6.86. The van der Waals surface area contributed by atoms with Gasteiger partial charge in [0, 0.05) is 38.7 Å². The van der Waals surface area contributed by atoms with Gasteiger partial charge in [0.15, 0.2) is 0 Å². The molecule has 0 bridgehead atoms. The molecule has 1 unspecified atom stereocenters. The van der Waals surface area contributed by atoms with E-state index in [0.717, 1.165) is 73.2 Å². The molecule has 9 aromatic rings. The maximum atomic E-state index is 6.86. The van der Waals surface area contributed by atoms with Crippen molar-refractivity contribution in [2.45, 2.75) is 5.41 Å². The second-order valence-corrected chi connectivity index (χ2v) is 13.7. The molecule has 0 aliphatic carbocycles. The van der Waals surface area contributed by atoms with E-state index in [9.17, 15) is 0 Å². The number of fused-ring (bicyclic) bond motifs is 11. The Morgan fingerprint density at radius 1 is 0.327 bits per heavy atom. The van der Waals surface area contributed by atoms with Gasteiger partial charge in [0.25, 0.3) is 0 Å². The highest BCUT2D eigenvalue weighted by Gasteiger charge is 2.50. The highest BCUT2D eigenvalue weighted by molar-refractivity contribution is 6.10. The van der Waals surface area contributed by atoms with Crippen LogP contribution in [0.2, 0.25) is 0 Å². The van der Waals surface area contributed by atoms with Crippen LogP contribution in [0.25, 0.3) is 49.7 Å². The first-order valence-corrected chi connectivity index (χ1v) is 17.8. The molecule has 2 aliphatic heterocycles. The predicted molar refractivity (Wildman–Crippen MR) is 210 cm³/mol. The molecule has 52 heavy (non-hydrogen) atoms. The molecule has 11 rings (SSSR count). The fraction of sp³-hybridized carbons (Fsp3) is 0.0204. The summed E-state index contributed by atoms with van der Waals surface area (Å²) in [6.45, 7) is 0. The summed E-state index contributed by atoms with van der Waals surface area (Å²) in [6.07, 6.45) is 0. The number of ether oxygens (including phenoxy) is 2. The summed E-state index contributed by atoms with van der Waals surface area (Å²) in [5.74, 6) is 3.40. The second kappa shape index (κ2) is 11.1. The van der Waals surface area contributed by atoms with Gasteiger partial charge in [0.2, 0.25) is 0 Å². The standard InChI is InChI=1S/C49H31NO2/c1-3-13-32(14-4-1)34-23-26-41-47(30-34)51-45-21-11-8-18-39(45)49(41)40-19-9-12-22-46(40)52-48-31-35(24-27-42(48)49)33-25-28-44-38(29-33)37-17-7-10-20-43(37)50(44)36-15-5-2-6-16-36/h1-31H. The predicted octanol–water partition coefficient (Wildman–Crippen LogP) is 12.7. The summed E-state index contributed by atoms with van der Waals surface area (Å²) in [7, 11) is 0. The third-order valence-corrected chi connectivity index (χ3v) is 10.9. The van der Waals surface area contributed by atoms with Gasteiger partial charge >= 0.3 is 0 Å². The summed E-state index contributed by atoms with van der Waals surface area (Å²) in [4.78, 5) is 0. The number of nitrogens with zero attached hydrogens (tertiary/aromatic N) is 1. The van der Waals surface area contributed by atoms with Crippen molar-refractivity contribution in [2.24, 2.45) is 0 Å². The first kappa shape index (κ1) is 28.9. The fourth-order valence-electron chi connectivity index (χ4n) is 8.67. The first-order chi connectivity index (χ1) is 25.8. The van der Waals surface area contributed by atoms with E-state index in [2.05, 4.69) is 193 Å². The molecule has 2 aliphatic rings. The van der Waals surface area contributed by atoms with Crippen LogP contribution in [0.3, 0.4) is 0 Å². The molecule has 1 spiro atoms. The van der Waals surface area contributed by atoms with Gasteiger partial charge in [0.1, 0.15) is 23.0 Å². The summed E-state index contributed by atoms with van der Waals surface area (Å²) in [5, 5.41) is 2.45. The lowest BCUT2D eigenvalue weighted by atomic mass is 9.62. The molecule has 1 aromatic heterocycles. The Hall–Kier alpha value is -6.84. The normalized spacial score (nSPS) is 15.3. The lowest BCUT2D eigenvalue weighted by Gasteiger charge is -2.45. The molecule has 0 N–H and O–H groups in total. The lowest BCUT2D eigenvalue weighted by molar-refractivity contribution is 0.399. The maximum Gasteiger partial charge on any atom is 0.132 e. The highest BCUT2D eigenvalue weighted by atomic mass is 16.5. The van der Waals surface area contributed by atoms with Crippen molar-refractivity contribution in [3.05, 3.63) is 210 Å². The van der Waals surface area contributed by atoms with E-state index in [4.69, 9.17) is 9.47 Å². The van der Waals surface area contributed by atoms with Crippen molar-refractivity contribution in [1.29, 1.82) is 0 Å². The van der Waals surface area contributed by atoms with Crippen LogP contribution in [0.5, 0.6) is 23.0 Å². The summed E-state index contributed by atoms with van der Waals surface area (Å²) in [6, 6.07) is 66.9. The van der Waals surface area contributed by atoms with Crippen molar-refractivity contribution in [1.82, 2.24) is 4.57 Å². The highest BCUT2D eigenvalue weighted by Crippen LogP contribution is 2.62. The van der Waals surface area contributed by atoms with E-state index < -0.39 is 5.41 Å². The Morgan fingerprint density at radius 2 is 0.808 bits per heavy atom. The van der Waals surface area contributed by atoms with E-state index in [1.807, 2.05) is 0 Å². The number of rotatable bonds is 3. The van der Waals surface area contributed by atoms with Crippen LogP contribution in [0, 0.1) is 0 Å². The largest absolute Gasteiger partial charge is 0.457 e. The van der Waals surface area contributed by atoms with Crippen molar-refractivity contribution < 1.29 is 9.47 Å². The van der Waals surface area contributed by atoms with Crippen molar-refractivity contribution >= 4 is 21.8 Å². The molecule has 3 heterocycles. The molecule has 0 saturated heterocycles. The third kappa shape index (κ3) is 4.08. The third-order valence-electron chi connectivity index (χ3n) is 10.9. The van der Waals surface area contributed by atoms with Crippen molar-refractivity contribution in [3.63, 3.8) is 0 Å². The minimum atomic E-state index is -0.644. The Kier molecular flexibility index (Phi) is 6.17. The monoisotopic (exact) mass is 665 g/mol. The molecular weight excluding hydrogens is 635 g/mol. The van der Waals surface area contributed by atoms with Crippen LogP contribution in [0.15, 0.2) is 188 Å². The van der Waals surface area contributed by atoms with Crippen LogP contribution < -0.4 is 9.47 Å². The van der Waals surface area contributed by atoms with Gasteiger partial charge in [0.05, 0.1) is 16.4 Å². The number of aromatic nitrogens is 1. The van der Waals surface area contributed by atoms with Crippen molar-refractivity contribution in [3.8, 4) is 50.9 Å². The van der Waals surface area contributed by atoms with Gasteiger partial charge in [-0.05, 0) is 76.9 Å². The number of para-hydroxylation sites is 4. The average molecular weight is 666 g/mol. The second-order valence-electron chi connectivity index (χ2n) is 13.7. The zero-order valence-electron chi connectivity index (χ0n) is 28.2. The summed E-state index contributed by atoms with van der Waals surface area (Å²) >= 11 is 0. The van der Waals surface area contributed by atoms with Gasteiger partial charge in [-0.3, -0.25) is 0 Å². The number of hydrogen-bond donors (Lipinski definition) is 0. The number of hydrogen-bond acceptors (Lipinski definition) is 2. The van der Waals surface area contributed by atoms with Gasteiger partial charge in [-0.1, -0.05) is 133 Å². The zero-order valence-corrected chi connectivity index (χ0v) is 28.2. The SMILES string of the molecule is c1ccc(-c2ccc3c(c2)Oc2ccccc2C32c3ccccc3Oc3cc(-c4ccc5c(c4)c4ccccc4n5-c4ccccc4)ccc32)cc1. The molecule has 8 aromatic carbocycles. The van der Waals surface area contributed by atoms with Crippen LogP contribution in [-0.4, -0.2) is 4.57 Å². The summed E-state index contributed by atoms with van der Waals surface area (Å²) in [5.41, 5.74) is 11.8. The van der Waals surface area contributed by atoms with E-state index in [0.29, 0.717) is 0 Å². The van der Waals surface area contributed by atoms with Crippen LogP contribution in [0.4, 0.5) is 0 Å². The van der Waals surface area contributed by atoms with E-state index in [-0.39, 0.29) is 0 Å². The molecular formula is C49H31NO2. The van der Waals surface area contributed by atoms with Crippen LogP contribution >= 0.6 is 0 Å². The Balaban J connectivity index is 1.13. The van der Waals surface area contributed by atoms with E-state index >= 15 is 0 Å². The fourth-order valence-corrected chi connectivity index (χ4v) is 8.67. The average Bonchev–Trinajstić information content (AvgIpc) is 3.55. The molecule has 0 saturated carbocycles. The smallest absolute Gasteiger partial charge is 0.132 e. The van der Waals surface area contributed by atoms with Gasteiger partial charge in [-0.25, -0.2) is 0 Å². The van der Waals surface area contributed by atoms with Gasteiger partial charge in [-0.15, -0.1) is 0 Å². The van der Waals surface area contributed by atoms with Crippen LogP contribution in [0.1, 0.15) is 22.3 Å².